The van der Waals surface area contributed by atoms with Crippen molar-refractivity contribution in [3.8, 4) is 17.5 Å². The van der Waals surface area contributed by atoms with Crippen molar-refractivity contribution >= 4 is 0 Å². The van der Waals surface area contributed by atoms with Crippen molar-refractivity contribution in [2.24, 2.45) is 5.92 Å². The molecule has 2 aromatic rings. The molecule has 2 heterocycles. The molecule has 0 spiro atoms. The van der Waals surface area contributed by atoms with Crippen LogP contribution in [-0.2, 0) is 4.74 Å². The summed E-state index contributed by atoms with van der Waals surface area (Å²) in [5, 5.41) is 19.3. The van der Waals surface area contributed by atoms with Crippen molar-refractivity contribution in [2.75, 3.05) is 6.61 Å². The fourth-order valence-corrected chi connectivity index (χ4v) is 1.99. The number of nitrogens with zero attached hydrogens (tertiary/aromatic N) is 4. The van der Waals surface area contributed by atoms with Crippen LogP contribution in [0.1, 0.15) is 37.4 Å². The second kappa shape index (κ2) is 4.82. The van der Waals surface area contributed by atoms with Gasteiger partial charge in [-0.2, -0.15) is 15.3 Å². The van der Waals surface area contributed by atoms with E-state index in [0.717, 1.165) is 12.8 Å². The van der Waals surface area contributed by atoms with Gasteiger partial charge < -0.3 is 9.26 Å². The lowest BCUT2D eigenvalue weighted by molar-refractivity contribution is 0.0385. The summed E-state index contributed by atoms with van der Waals surface area (Å²) in [6.07, 6.45) is 3.65. The molecule has 2 aromatic heterocycles. The van der Waals surface area contributed by atoms with Crippen LogP contribution < -0.4 is 0 Å². The summed E-state index contributed by atoms with van der Waals surface area (Å²) >= 11 is 0. The quantitative estimate of drug-likeness (QED) is 0.878. The zero-order valence-electron chi connectivity index (χ0n) is 10.5. The number of nitriles is 1. The number of aromatic nitrogens is 4. The van der Waals surface area contributed by atoms with Crippen LogP contribution in [0.5, 0.6) is 0 Å². The van der Waals surface area contributed by atoms with Crippen molar-refractivity contribution in [2.45, 2.75) is 25.9 Å². The second-order valence-electron chi connectivity index (χ2n) is 4.44. The maximum atomic E-state index is 8.93. The number of aromatic amines is 1. The van der Waals surface area contributed by atoms with Gasteiger partial charge in [-0.15, -0.1) is 0 Å². The van der Waals surface area contributed by atoms with E-state index in [9.17, 15) is 0 Å². The molecular formula is C12H13N5O2. The number of hydrogen-bond acceptors (Lipinski definition) is 6. The first kappa shape index (κ1) is 11.9. The molecule has 0 aromatic carbocycles. The van der Waals surface area contributed by atoms with Crippen LogP contribution in [0.2, 0.25) is 0 Å². The number of nitrogens with one attached hydrogen (secondary N) is 1. The van der Waals surface area contributed by atoms with Gasteiger partial charge in [0.05, 0.1) is 11.8 Å². The Morgan fingerprint density at radius 3 is 3.16 bits per heavy atom. The Labute approximate surface area is 109 Å². The van der Waals surface area contributed by atoms with E-state index in [4.69, 9.17) is 14.5 Å². The van der Waals surface area contributed by atoms with Gasteiger partial charge in [0.25, 0.3) is 5.89 Å². The first-order chi connectivity index (χ1) is 9.33. The van der Waals surface area contributed by atoms with Crippen LogP contribution in [0.4, 0.5) is 0 Å². The molecule has 1 atom stereocenters. The lowest BCUT2D eigenvalue weighted by atomic mass is 10.2. The number of H-pyrrole nitrogens is 1. The lowest BCUT2D eigenvalue weighted by Crippen LogP contribution is -2.08. The van der Waals surface area contributed by atoms with Gasteiger partial charge in [-0.05, 0) is 25.7 Å². The molecule has 1 saturated carbocycles. The molecular weight excluding hydrogens is 246 g/mol. The van der Waals surface area contributed by atoms with Crippen LogP contribution in [-0.4, -0.2) is 26.9 Å². The van der Waals surface area contributed by atoms with E-state index in [1.54, 1.807) is 0 Å². The van der Waals surface area contributed by atoms with E-state index in [-0.39, 0.29) is 6.10 Å². The topological polar surface area (TPSA) is 101 Å². The van der Waals surface area contributed by atoms with Crippen LogP contribution in [0, 0.1) is 17.2 Å². The van der Waals surface area contributed by atoms with Crippen LogP contribution in [0.3, 0.4) is 0 Å². The molecule has 98 valence electrons. The maximum Gasteiger partial charge on any atom is 0.262 e. The molecule has 0 bridgehead atoms. The third kappa shape index (κ3) is 2.22. The Bertz CT molecular complexity index is 608. The molecule has 1 N–H and O–H groups in total. The molecule has 7 nitrogen and oxygen atoms in total. The van der Waals surface area contributed by atoms with Gasteiger partial charge >= 0.3 is 0 Å². The van der Waals surface area contributed by atoms with E-state index < -0.39 is 0 Å². The number of hydrogen-bond donors (Lipinski definition) is 1. The summed E-state index contributed by atoms with van der Waals surface area (Å²) in [6, 6.07) is 2.00. The molecule has 1 aliphatic rings. The standard InChI is InChI=1S/C12H13N5O2/c1-2-18-10(7-3-4-7)11-15-12(19-17-11)8-6-14-16-9(8)5-13/h6-7,10H,2-4H2,1H3,(H,14,16). The Morgan fingerprint density at radius 2 is 2.47 bits per heavy atom. The first-order valence-corrected chi connectivity index (χ1v) is 6.22. The zero-order valence-corrected chi connectivity index (χ0v) is 10.5. The van der Waals surface area contributed by atoms with Gasteiger partial charge in [0.15, 0.2) is 0 Å². The van der Waals surface area contributed by atoms with Gasteiger partial charge in [-0.3, -0.25) is 5.10 Å². The minimum atomic E-state index is -0.111. The zero-order chi connectivity index (χ0) is 13.2. The summed E-state index contributed by atoms with van der Waals surface area (Å²) in [5.74, 6) is 1.32. The molecule has 1 aliphatic carbocycles. The number of ether oxygens (including phenoxy) is 1. The summed E-state index contributed by atoms with van der Waals surface area (Å²) in [7, 11) is 0. The highest BCUT2D eigenvalue weighted by molar-refractivity contribution is 5.59. The van der Waals surface area contributed by atoms with Crippen molar-refractivity contribution in [3.05, 3.63) is 17.7 Å². The largest absolute Gasteiger partial charge is 0.370 e. The Balaban J connectivity index is 1.88. The van der Waals surface area contributed by atoms with Crippen LogP contribution >= 0.6 is 0 Å². The highest BCUT2D eigenvalue weighted by Crippen LogP contribution is 2.42. The van der Waals surface area contributed by atoms with Gasteiger partial charge in [0.1, 0.15) is 17.9 Å². The molecule has 3 rings (SSSR count). The van der Waals surface area contributed by atoms with E-state index in [2.05, 4.69) is 20.3 Å². The second-order valence-corrected chi connectivity index (χ2v) is 4.44. The third-order valence-corrected chi connectivity index (χ3v) is 3.07. The summed E-state index contributed by atoms with van der Waals surface area (Å²) < 4.78 is 10.9. The summed E-state index contributed by atoms with van der Waals surface area (Å²) in [5.41, 5.74) is 0.835. The molecule has 1 unspecified atom stereocenters. The first-order valence-electron chi connectivity index (χ1n) is 6.22. The van der Waals surface area contributed by atoms with Crippen molar-refractivity contribution in [1.29, 1.82) is 5.26 Å². The predicted octanol–water partition coefficient (Wildman–Crippen LogP) is 1.82. The summed E-state index contributed by atoms with van der Waals surface area (Å²) in [6.45, 7) is 2.56. The van der Waals surface area contributed by atoms with Gasteiger partial charge in [0, 0.05) is 6.61 Å². The highest BCUT2D eigenvalue weighted by atomic mass is 16.5. The summed E-state index contributed by atoms with van der Waals surface area (Å²) in [4.78, 5) is 4.33. The van der Waals surface area contributed by atoms with Crippen molar-refractivity contribution in [1.82, 2.24) is 20.3 Å². The SMILES string of the molecule is CCOC(c1noc(-c2cn[nH]c2C#N)n1)C1CC1. The molecule has 19 heavy (non-hydrogen) atoms. The van der Waals surface area contributed by atoms with Crippen molar-refractivity contribution in [3.63, 3.8) is 0 Å². The van der Waals surface area contributed by atoms with E-state index >= 15 is 0 Å². The predicted molar refractivity (Wildman–Crippen MR) is 63.7 cm³/mol. The van der Waals surface area contributed by atoms with E-state index in [1.807, 2.05) is 13.0 Å². The minimum Gasteiger partial charge on any atom is -0.370 e. The van der Waals surface area contributed by atoms with Gasteiger partial charge in [-0.1, -0.05) is 5.16 Å². The Kier molecular flexibility index (Phi) is 3.01. The van der Waals surface area contributed by atoms with E-state index in [0.29, 0.717) is 35.5 Å². The normalized spacial score (nSPS) is 16.2. The molecule has 1 fully saturated rings. The lowest BCUT2D eigenvalue weighted by Gasteiger charge is -2.10. The monoisotopic (exact) mass is 259 g/mol. The Hall–Kier alpha value is -2.20. The maximum absolute atomic E-state index is 8.93. The molecule has 0 radical (unpaired) electrons. The minimum absolute atomic E-state index is 0.111. The molecule has 0 aliphatic heterocycles. The third-order valence-electron chi connectivity index (χ3n) is 3.07. The average molecular weight is 259 g/mol. The fraction of sp³-hybridized carbons (Fsp3) is 0.500. The average Bonchev–Trinajstić information content (AvgIpc) is 2.96. The highest BCUT2D eigenvalue weighted by Gasteiger charge is 2.36. The molecule has 0 amide bonds. The Morgan fingerprint density at radius 1 is 1.63 bits per heavy atom. The van der Waals surface area contributed by atoms with Crippen LogP contribution in [0.25, 0.3) is 11.5 Å². The molecule has 0 saturated heterocycles. The van der Waals surface area contributed by atoms with E-state index in [1.165, 1.54) is 6.20 Å². The van der Waals surface area contributed by atoms with Gasteiger partial charge in [-0.25, -0.2) is 0 Å². The smallest absolute Gasteiger partial charge is 0.262 e. The molecule has 7 heteroatoms. The van der Waals surface area contributed by atoms with Crippen LogP contribution in [0.15, 0.2) is 10.7 Å². The number of rotatable bonds is 5. The van der Waals surface area contributed by atoms with Crippen molar-refractivity contribution < 1.29 is 9.26 Å². The van der Waals surface area contributed by atoms with Gasteiger partial charge in [0.2, 0.25) is 5.82 Å². The fourth-order valence-electron chi connectivity index (χ4n) is 1.99.